The fraction of sp³-hybridized carbons (Fsp3) is 0.500. The predicted octanol–water partition coefficient (Wildman–Crippen LogP) is 2.08. The van der Waals surface area contributed by atoms with Crippen molar-refractivity contribution < 1.29 is 17.2 Å². The number of nitrogens with two attached hydrogens (primary N) is 1. The van der Waals surface area contributed by atoms with Crippen molar-refractivity contribution in [2.75, 3.05) is 23.5 Å². The lowest BCUT2D eigenvalue weighted by atomic mass is 10.2. The molecule has 20 heavy (non-hydrogen) atoms. The summed E-state index contributed by atoms with van der Waals surface area (Å²) >= 11 is 0. The molecule has 0 aromatic heterocycles. The summed E-state index contributed by atoms with van der Waals surface area (Å²) in [7, 11) is -3.88. The molecule has 0 unspecified atom stereocenters. The average molecular weight is 305 g/mol. The van der Waals surface area contributed by atoms with Gasteiger partial charge in [0, 0.05) is 19.2 Å². The molecule has 1 aliphatic heterocycles. The number of halogens is 2. The van der Waals surface area contributed by atoms with Crippen LogP contribution in [0.4, 0.5) is 20.2 Å². The molecule has 1 aromatic carbocycles. The fourth-order valence-electron chi connectivity index (χ4n) is 2.18. The number of benzene rings is 1. The number of anilines is 2. The van der Waals surface area contributed by atoms with Crippen LogP contribution in [0.3, 0.4) is 0 Å². The Balaban J connectivity index is 2.23. The first-order valence-corrected chi connectivity index (χ1v) is 7.86. The summed E-state index contributed by atoms with van der Waals surface area (Å²) in [6, 6.07) is 1.47. The fourth-order valence-corrected chi connectivity index (χ4v) is 3.52. The van der Waals surface area contributed by atoms with Crippen molar-refractivity contribution in [3.8, 4) is 0 Å². The topological polar surface area (TPSA) is 75.4 Å². The Kier molecular flexibility index (Phi) is 4.44. The van der Waals surface area contributed by atoms with Gasteiger partial charge in [0.1, 0.15) is 11.5 Å². The van der Waals surface area contributed by atoms with Crippen molar-refractivity contribution in [2.24, 2.45) is 0 Å². The molecule has 1 fully saturated rings. The van der Waals surface area contributed by atoms with E-state index < -0.39 is 27.5 Å². The molecule has 1 aliphatic rings. The molecule has 0 aliphatic carbocycles. The maximum absolute atomic E-state index is 13.6. The third-order valence-corrected chi connectivity index (χ3v) is 4.73. The molecule has 0 saturated carbocycles. The van der Waals surface area contributed by atoms with E-state index in [2.05, 4.69) is 4.72 Å². The highest BCUT2D eigenvalue weighted by Crippen LogP contribution is 2.26. The summed E-state index contributed by atoms with van der Waals surface area (Å²) in [6.07, 6.45) is 3.47. The van der Waals surface area contributed by atoms with E-state index in [-0.39, 0.29) is 5.69 Å². The minimum atomic E-state index is -3.88. The highest BCUT2D eigenvalue weighted by Gasteiger charge is 2.25. The Bertz CT molecular complexity index is 561. The van der Waals surface area contributed by atoms with Crippen LogP contribution in [0.1, 0.15) is 25.7 Å². The number of nitrogen functional groups attached to an aromatic ring is 1. The van der Waals surface area contributed by atoms with Crippen LogP contribution >= 0.6 is 0 Å². The zero-order valence-corrected chi connectivity index (χ0v) is 11.7. The molecule has 0 radical (unpaired) electrons. The van der Waals surface area contributed by atoms with E-state index in [1.54, 1.807) is 0 Å². The first-order chi connectivity index (χ1) is 9.40. The SMILES string of the molecule is Nc1cc(F)cc(F)c1NS(=O)(=O)N1CCCCCC1. The molecule has 0 atom stereocenters. The minimum Gasteiger partial charge on any atom is -0.397 e. The average Bonchev–Trinajstić information content (AvgIpc) is 2.63. The lowest BCUT2D eigenvalue weighted by molar-refractivity contribution is 0.427. The van der Waals surface area contributed by atoms with Crippen LogP contribution < -0.4 is 10.5 Å². The van der Waals surface area contributed by atoms with Gasteiger partial charge in [-0.2, -0.15) is 12.7 Å². The molecule has 8 heteroatoms. The Morgan fingerprint density at radius 1 is 1.10 bits per heavy atom. The van der Waals surface area contributed by atoms with Gasteiger partial charge in [0.05, 0.1) is 5.69 Å². The molecule has 2 rings (SSSR count). The van der Waals surface area contributed by atoms with Gasteiger partial charge < -0.3 is 5.73 Å². The van der Waals surface area contributed by atoms with Gasteiger partial charge in [0.25, 0.3) is 0 Å². The van der Waals surface area contributed by atoms with Gasteiger partial charge in [-0.1, -0.05) is 12.8 Å². The lowest BCUT2D eigenvalue weighted by Gasteiger charge is -2.21. The van der Waals surface area contributed by atoms with Gasteiger partial charge in [-0.25, -0.2) is 8.78 Å². The van der Waals surface area contributed by atoms with Crippen molar-refractivity contribution in [1.29, 1.82) is 0 Å². The molecule has 1 aromatic rings. The van der Waals surface area contributed by atoms with E-state index in [4.69, 9.17) is 5.73 Å². The van der Waals surface area contributed by atoms with Gasteiger partial charge in [-0.3, -0.25) is 4.72 Å². The largest absolute Gasteiger partial charge is 0.397 e. The van der Waals surface area contributed by atoms with Gasteiger partial charge in [0.15, 0.2) is 5.82 Å². The summed E-state index contributed by atoms with van der Waals surface area (Å²) < 4.78 is 54.3. The van der Waals surface area contributed by atoms with Crippen LogP contribution in [-0.2, 0) is 10.2 Å². The molecular formula is C12H17F2N3O2S. The van der Waals surface area contributed by atoms with E-state index in [9.17, 15) is 17.2 Å². The number of nitrogens with one attached hydrogen (secondary N) is 1. The summed E-state index contributed by atoms with van der Waals surface area (Å²) in [5.41, 5.74) is 4.78. The van der Waals surface area contributed by atoms with E-state index in [0.717, 1.165) is 31.7 Å². The Morgan fingerprint density at radius 2 is 1.70 bits per heavy atom. The Labute approximate surface area is 116 Å². The minimum absolute atomic E-state index is 0.277. The molecule has 1 saturated heterocycles. The normalized spacial score (nSPS) is 17.7. The maximum atomic E-state index is 13.6. The van der Waals surface area contributed by atoms with Gasteiger partial charge in [-0.15, -0.1) is 0 Å². The molecular weight excluding hydrogens is 288 g/mol. The number of hydrogen-bond donors (Lipinski definition) is 2. The van der Waals surface area contributed by atoms with Gasteiger partial charge in [-0.05, 0) is 18.9 Å². The maximum Gasteiger partial charge on any atom is 0.301 e. The first kappa shape index (κ1) is 15.0. The first-order valence-electron chi connectivity index (χ1n) is 6.42. The van der Waals surface area contributed by atoms with Gasteiger partial charge in [0.2, 0.25) is 0 Å². The Morgan fingerprint density at radius 3 is 2.25 bits per heavy atom. The highest BCUT2D eigenvalue weighted by molar-refractivity contribution is 7.90. The monoisotopic (exact) mass is 305 g/mol. The Hall–Kier alpha value is -1.41. The molecule has 112 valence electrons. The molecule has 0 spiro atoms. The van der Waals surface area contributed by atoms with Crippen molar-refractivity contribution in [1.82, 2.24) is 4.31 Å². The van der Waals surface area contributed by atoms with Crippen LogP contribution in [-0.4, -0.2) is 25.8 Å². The number of hydrogen-bond acceptors (Lipinski definition) is 3. The predicted molar refractivity (Wildman–Crippen MR) is 73.4 cm³/mol. The molecule has 5 nitrogen and oxygen atoms in total. The number of nitrogens with zero attached hydrogens (tertiary/aromatic N) is 1. The molecule has 0 amide bonds. The molecule has 0 bridgehead atoms. The molecule has 1 heterocycles. The van der Waals surface area contributed by atoms with E-state index in [0.29, 0.717) is 19.2 Å². The summed E-state index contributed by atoms with van der Waals surface area (Å²) in [6.45, 7) is 0.774. The zero-order chi connectivity index (χ0) is 14.8. The third-order valence-electron chi connectivity index (χ3n) is 3.22. The summed E-state index contributed by atoms with van der Waals surface area (Å²) in [5.74, 6) is -1.88. The van der Waals surface area contributed by atoms with Crippen molar-refractivity contribution in [2.45, 2.75) is 25.7 Å². The van der Waals surface area contributed by atoms with Gasteiger partial charge >= 0.3 is 10.2 Å². The van der Waals surface area contributed by atoms with Crippen molar-refractivity contribution in [3.05, 3.63) is 23.8 Å². The van der Waals surface area contributed by atoms with E-state index in [1.807, 2.05) is 0 Å². The smallest absolute Gasteiger partial charge is 0.301 e. The van der Waals surface area contributed by atoms with Crippen molar-refractivity contribution >= 4 is 21.6 Å². The quantitative estimate of drug-likeness (QED) is 0.840. The molecule has 3 N–H and O–H groups in total. The third kappa shape index (κ3) is 3.37. The lowest BCUT2D eigenvalue weighted by Crippen LogP contribution is -2.37. The second-order valence-electron chi connectivity index (χ2n) is 4.77. The van der Waals surface area contributed by atoms with Crippen LogP contribution in [0.5, 0.6) is 0 Å². The number of rotatable bonds is 3. The summed E-state index contributed by atoms with van der Waals surface area (Å²) in [5, 5.41) is 0. The van der Waals surface area contributed by atoms with Crippen LogP contribution in [0.2, 0.25) is 0 Å². The second kappa shape index (κ2) is 5.92. The second-order valence-corrected chi connectivity index (χ2v) is 6.44. The summed E-state index contributed by atoms with van der Waals surface area (Å²) in [4.78, 5) is 0. The standard InChI is InChI=1S/C12H17F2N3O2S/c13-9-7-10(14)12(11(15)8-9)16-20(18,19)17-5-3-1-2-4-6-17/h7-8,16H,1-6,15H2. The van der Waals surface area contributed by atoms with E-state index >= 15 is 0 Å². The van der Waals surface area contributed by atoms with Crippen LogP contribution in [0, 0.1) is 11.6 Å². The van der Waals surface area contributed by atoms with Crippen LogP contribution in [0.25, 0.3) is 0 Å². The van der Waals surface area contributed by atoms with Crippen LogP contribution in [0.15, 0.2) is 12.1 Å². The van der Waals surface area contributed by atoms with E-state index in [1.165, 1.54) is 4.31 Å². The highest BCUT2D eigenvalue weighted by atomic mass is 32.2. The zero-order valence-electron chi connectivity index (χ0n) is 10.9. The van der Waals surface area contributed by atoms with Crippen molar-refractivity contribution in [3.63, 3.8) is 0 Å².